The predicted molar refractivity (Wildman–Crippen MR) is 78.4 cm³/mol. The van der Waals surface area contributed by atoms with Crippen molar-refractivity contribution in [2.75, 3.05) is 6.61 Å². The van der Waals surface area contributed by atoms with Gasteiger partial charge in [0.15, 0.2) is 6.10 Å². The number of unbranched alkanes of at least 4 members (excludes halogenated alkanes) is 3. The standard InChI is InChI=1S/C16H24O4/c1-3-5-6-7-12-19-13-8-10-14(11-9-13)20-15(4-2)16(17)18/h8-11,15H,3-7,12H2,1-2H3,(H,17,18)/t15-/m0/s1. The van der Waals surface area contributed by atoms with E-state index >= 15 is 0 Å². The van der Waals surface area contributed by atoms with Crippen LogP contribution in [0.2, 0.25) is 0 Å². The highest BCUT2D eigenvalue weighted by Crippen LogP contribution is 2.19. The van der Waals surface area contributed by atoms with Crippen LogP contribution in [-0.2, 0) is 4.79 Å². The lowest BCUT2D eigenvalue weighted by atomic mass is 10.2. The highest BCUT2D eigenvalue weighted by Gasteiger charge is 2.16. The van der Waals surface area contributed by atoms with Crippen molar-refractivity contribution < 1.29 is 19.4 Å². The van der Waals surface area contributed by atoms with Gasteiger partial charge in [-0.05, 0) is 37.1 Å². The highest BCUT2D eigenvalue weighted by molar-refractivity contribution is 5.72. The monoisotopic (exact) mass is 280 g/mol. The molecule has 0 aliphatic carbocycles. The molecule has 0 aliphatic heterocycles. The molecule has 0 aromatic heterocycles. The second kappa shape index (κ2) is 9.23. The Balaban J connectivity index is 2.38. The van der Waals surface area contributed by atoms with Crippen molar-refractivity contribution in [1.82, 2.24) is 0 Å². The Morgan fingerprint density at radius 3 is 2.30 bits per heavy atom. The summed E-state index contributed by atoms with van der Waals surface area (Å²) in [7, 11) is 0. The van der Waals surface area contributed by atoms with E-state index in [1.165, 1.54) is 19.3 Å². The van der Waals surface area contributed by atoms with E-state index < -0.39 is 12.1 Å². The Morgan fingerprint density at radius 1 is 1.10 bits per heavy atom. The van der Waals surface area contributed by atoms with Crippen molar-refractivity contribution in [3.8, 4) is 11.5 Å². The van der Waals surface area contributed by atoms with Gasteiger partial charge in [-0.1, -0.05) is 33.1 Å². The van der Waals surface area contributed by atoms with Gasteiger partial charge in [0.05, 0.1) is 6.61 Å². The molecule has 4 heteroatoms. The minimum atomic E-state index is -0.941. The Morgan fingerprint density at radius 2 is 1.75 bits per heavy atom. The maximum atomic E-state index is 10.9. The number of ether oxygens (including phenoxy) is 2. The van der Waals surface area contributed by atoms with Crippen molar-refractivity contribution in [3.63, 3.8) is 0 Å². The molecule has 1 aromatic carbocycles. The second-order valence-corrected chi connectivity index (χ2v) is 4.73. The molecule has 0 saturated heterocycles. The van der Waals surface area contributed by atoms with Gasteiger partial charge in [0.2, 0.25) is 0 Å². The van der Waals surface area contributed by atoms with Gasteiger partial charge in [-0.3, -0.25) is 0 Å². The smallest absolute Gasteiger partial charge is 0.344 e. The number of aliphatic carboxylic acids is 1. The van der Waals surface area contributed by atoms with E-state index in [1.807, 2.05) is 12.1 Å². The summed E-state index contributed by atoms with van der Waals surface area (Å²) in [6.07, 6.45) is 4.34. The zero-order valence-corrected chi connectivity index (χ0v) is 12.3. The van der Waals surface area contributed by atoms with E-state index in [0.717, 1.165) is 12.2 Å². The molecule has 0 heterocycles. The van der Waals surface area contributed by atoms with Crippen molar-refractivity contribution in [1.29, 1.82) is 0 Å². The molecule has 0 bridgehead atoms. The van der Waals surface area contributed by atoms with Gasteiger partial charge < -0.3 is 14.6 Å². The molecule has 0 amide bonds. The summed E-state index contributed by atoms with van der Waals surface area (Å²) >= 11 is 0. The van der Waals surface area contributed by atoms with Gasteiger partial charge in [-0.25, -0.2) is 4.79 Å². The van der Waals surface area contributed by atoms with Crippen LogP contribution < -0.4 is 9.47 Å². The van der Waals surface area contributed by atoms with Crippen LogP contribution in [0.4, 0.5) is 0 Å². The lowest BCUT2D eigenvalue weighted by molar-refractivity contribution is -0.145. The zero-order chi connectivity index (χ0) is 14.8. The summed E-state index contributed by atoms with van der Waals surface area (Å²) in [6, 6.07) is 7.10. The first kappa shape index (κ1) is 16.3. The summed E-state index contributed by atoms with van der Waals surface area (Å²) in [5, 5.41) is 8.93. The number of carboxylic acids is 1. The molecule has 0 unspecified atom stereocenters. The van der Waals surface area contributed by atoms with Crippen LogP contribution in [0.1, 0.15) is 46.0 Å². The molecule has 1 aromatic rings. The van der Waals surface area contributed by atoms with Crippen LogP contribution in [0.15, 0.2) is 24.3 Å². The molecule has 1 atom stereocenters. The van der Waals surface area contributed by atoms with E-state index in [2.05, 4.69) is 6.92 Å². The summed E-state index contributed by atoms with van der Waals surface area (Å²) in [6.45, 7) is 4.68. The largest absolute Gasteiger partial charge is 0.494 e. The van der Waals surface area contributed by atoms with E-state index in [9.17, 15) is 4.79 Å². The van der Waals surface area contributed by atoms with Crippen LogP contribution in [0.3, 0.4) is 0 Å². The van der Waals surface area contributed by atoms with Crippen LogP contribution in [0.25, 0.3) is 0 Å². The topological polar surface area (TPSA) is 55.8 Å². The lowest BCUT2D eigenvalue weighted by Gasteiger charge is -2.13. The van der Waals surface area contributed by atoms with Gasteiger partial charge in [0.25, 0.3) is 0 Å². The Hall–Kier alpha value is -1.71. The minimum Gasteiger partial charge on any atom is -0.494 e. The number of hydrogen-bond donors (Lipinski definition) is 1. The maximum absolute atomic E-state index is 10.9. The summed E-state index contributed by atoms with van der Waals surface area (Å²) in [5.41, 5.74) is 0. The zero-order valence-electron chi connectivity index (χ0n) is 12.3. The number of hydrogen-bond acceptors (Lipinski definition) is 3. The van der Waals surface area contributed by atoms with Crippen molar-refractivity contribution in [2.45, 2.75) is 52.1 Å². The van der Waals surface area contributed by atoms with Crippen molar-refractivity contribution in [3.05, 3.63) is 24.3 Å². The first-order valence-electron chi connectivity index (χ1n) is 7.29. The molecule has 1 N–H and O–H groups in total. The molecule has 0 radical (unpaired) electrons. The average molecular weight is 280 g/mol. The average Bonchev–Trinajstić information content (AvgIpc) is 2.45. The fraction of sp³-hybridized carbons (Fsp3) is 0.562. The number of carboxylic acid groups (broad SMARTS) is 1. The number of benzene rings is 1. The number of carbonyl (C=O) groups is 1. The van der Waals surface area contributed by atoms with Crippen LogP contribution >= 0.6 is 0 Å². The van der Waals surface area contributed by atoms with Gasteiger partial charge in [-0.15, -0.1) is 0 Å². The first-order chi connectivity index (χ1) is 9.67. The third kappa shape index (κ3) is 5.95. The summed E-state index contributed by atoms with van der Waals surface area (Å²) < 4.78 is 11.0. The van der Waals surface area contributed by atoms with Crippen molar-refractivity contribution >= 4 is 5.97 Å². The first-order valence-corrected chi connectivity index (χ1v) is 7.29. The predicted octanol–water partition coefficient (Wildman–Crippen LogP) is 3.89. The molecule has 0 spiro atoms. The Bertz CT molecular complexity index is 386. The third-order valence-corrected chi connectivity index (χ3v) is 3.01. The fourth-order valence-electron chi connectivity index (χ4n) is 1.81. The molecule has 4 nitrogen and oxygen atoms in total. The molecule has 0 aliphatic rings. The van der Waals surface area contributed by atoms with Crippen molar-refractivity contribution in [2.24, 2.45) is 0 Å². The SMILES string of the molecule is CCCCCCOc1ccc(O[C@@H](CC)C(=O)O)cc1. The normalized spacial score (nSPS) is 11.9. The molecule has 112 valence electrons. The second-order valence-electron chi connectivity index (χ2n) is 4.73. The molecular formula is C16H24O4. The van der Waals surface area contributed by atoms with E-state index in [-0.39, 0.29) is 0 Å². The Labute approximate surface area is 120 Å². The maximum Gasteiger partial charge on any atom is 0.344 e. The van der Waals surface area contributed by atoms with Crippen LogP contribution in [0, 0.1) is 0 Å². The number of rotatable bonds is 10. The minimum absolute atomic E-state index is 0.436. The van der Waals surface area contributed by atoms with Gasteiger partial charge in [0, 0.05) is 0 Å². The summed E-state index contributed by atoms with van der Waals surface area (Å²) in [4.78, 5) is 10.9. The highest BCUT2D eigenvalue weighted by atomic mass is 16.5. The van der Waals surface area contributed by atoms with Gasteiger partial charge in [0.1, 0.15) is 11.5 Å². The molecule has 20 heavy (non-hydrogen) atoms. The van der Waals surface area contributed by atoms with Gasteiger partial charge in [-0.2, -0.15) is 0 Å². The summed E-state index contributed by atoms with van der Waals surface area (Å²) in [5.74, 6) is 0.401. The quantitative estimate of drug-likeness (QED) is 0.661. The van der Waals surface area contributed by atoms with Gasteiger partial charge >= 0.3 is 5.97 Å². The Kier molecular flexibility index (Phi) is 7.55. The van der Waals surface area contributed by atoms with E-state index in [1.54, 1.807) is 19.1 Å². The van der Waals surface area contributed by atoms with E-state index in [4.69, 9.17) is 14.6 Å². The lowest BCUT2D eigenvalue weighted by Crippen LogP contribution is -2.25. The van der Waals surface area contributed by atoms with E-state index in [0.29, 0.717) is 18.8 Å². The molecular weight excluding hydrogens is 256 g/mol. The van der Waals surface area contributed by atoms with Crippen LogP contribution in [0.5, 0.6) is 11.5 Å². The molecule has 0 fully saturated rings. The van der Waals surface area contributed by atoms with Crippen LogP contribution in [-0.4, -0.2) is 23.8 Å². The fourth-order valence-corrected chi connectivity index (χ4v) is 1.81. The molecule has 0 saturated carbocycles. The third-order valence-electron chi connectivity index (χ3n) is 3.01. The molecule has 1 rings (SSSR count).